The Balaban J connectivity index is 1.54. The third kappa shape index (κ3) is 4.20. The topological polar surface area (TPSA) is 114 Å². The molecule has 0 spiro atoms. The Morgan fingerprint density at radius 1 is 1.07 bits per heavy atom. The van der Waals surface area contributed by atoms with Gasteiger partial charge >= 0.3 is 0 Å². The van der Waals surface area contributed by atoms with Gasteiger partial charge < -0.3 is 16.0 Å². The third-order valence-electron chi connectivity index (χ3n) is 4.91. The molecule has 1 atom stereocenters. The summed E-state index contributed by atoms with van der Waals surface area (Å²) in [5, 5.41) is 2.74. The minimum atomic E-state index is -0.801. The van der Waals surface area contributed by atoms with Gasteiger partial charge in [-0.05, 0) is 42.8 Å². The SMILES string of the molecule is Cc1ccc(C[C@@H](NC(=O)c2ccc3nc(-c4ccncc4)[nH]c3c2)C(N)=O)cc1. The van der Waals surface area contributed by atoms with E-state index in [1.54, 1.807) is 30.6 Å². The third-order valence-corrected chi connectivity index (χ3v) is 4.91. The molecule has 2 amide bonds. The lowest BCUT2D eigenvalue weighted by Crippen LogP contribution is -2.45. The summed E-state index contributed by atoms with van der Waals surface area (Å²) in [5.74, 6) is -0.251. The van der Waals surface area contributed by atoms with E-state index in [-0.39, 0.29) is 5.91 Å². The summed E-state index contributed by atoms with van der Waals surface area (Å²) in [4.78, 5) is 36.4. The Morgan fingerprint density at radius 2 is 1.80 bits per heavy atom. The number of aromatic amines is 1. The van der Waals surface area contributed by atoms with Gasteiger partial charge in [-0.25, -0.2) is 4.98 Å². The Bertz CT molecular complexity index is 1200. The van der Waals surface area contributed by atoms with Crippen LogP contribution in [0.3, 0.4) is 0 Å². The molecule has 0 aliphatic carbocycles. The van der Waals surface area contributed by atoms with E-state index in [1.165, 1.54) is 0 Å². The fourth-order valence-electron chi connectivity index (χ4n) is 3.22. The van der Waals surface area contributed by atoms with Crippen LogP contribution in [0.25, 0.3) is 22.4 Å². The standard InChI is InChI=1S/C23H21N5O2/c1-14-2-4-15(5-3-14)12-20(21(24)29)28-23(30)17-6-7-18-19(13-17)27-22(26-18)16-8-10-25-11-9-16/h2-11,13,20H,12H2,1H3,(H2,24,29)(H,26,27)(H,28,30)/t20-/m1/s1. The van der Waals surface area contributed by atoms with Crippen molar-refractivity contribution in [1.82, 2.24) is 20.3 Å². The summed E-state index contributed by atoms with van der Waals surface area (Å²) in [6, 6.07) is 15.8. The number of nitrogens with zero attached hydrogens (tertiary/aromatic N) is 2. The maximum Gasteiger partial charge on any atom is 0.252 e. The van der Waals surface area contributed by atoms with E-state index >= 15 is 0 Å². The molecule has 7 heteroatoms. The first-order valence-electron chi connectivity index (χ1n) is 9.55. The highest BCUT2D eigenvalue weighted by Gasteiger charge is 2.20. The molecular weight excluding hydrogens is 378 g/mol. The number of rotatable bonds is 6. The van der Waals surface area contributed by atoms with Gasteiger partial charge in [0.2, 0.25) is 5.91 Å². The average molecular weight is 399 g/mol. The highest BCUT2D eigenvalue weighted by Crippen LogP contribution is 2.21. The van der Waals surface area contributed by atoms with Crippen LogP contribution in [0.2, 0.25) is 0 Å². The van der Waals surface area contributed by atoms with Crippen LogP contribution in [0.15, 0.2) is 67.0 Å². The van der Waals surface area contributed by atoms with Crippen molar-refractivity contribution in [3.8, 4) is 11.4 Å². The molecule has 0 saturated heterocycles. The molecule has 7 nitrogen and oxygen atoms in total. The number of primary amides is 1. The van der Waals surface area contributed by atoms with Crippen molar-refractivity contribution < 1.29 is 9.59 Å². The van der Waals surface area contributed by atoms with Crippen LogP contribution in [0, 0.1) is 6.92 Å². The van der Waals surface area contributed by atoms with Crippen LogP contribution in [0.4, 0.5) is 0 Å². The van der Waals surface area contributed by atoms with Crippen LogP contribution in [-0.2, 0) is 11.2 Å². The van der Waals surface area contributed by atoms with E-state index in [0.29, 0.717) is 17.8 Å². The molecule has 4 rings (SSSR count). The van der Waals surface area contributed by atoms with E-state index in [2.05, 4.69) is 20.3 Å². The zero-order valence-corrected chi connectivity index (χ0v) is 16.4. The monoisotopic (exact) mass is 399 g/mol. The molecule has 0 aliphatic heterocycles. The van der Waals surface area contributed by atoms with Crippen LogP contribution >= 0.6 is 0 Å². The molecule has 150 valence electrons. The lowest BCUT2D eigenvalue weighted by molar-refractivity contribution is -0.119. The normalized spacial score (nSPS) is 11.9. The first-order chi connectivity index (χ1) is 14.5. The number of fused-ring (bicyclic) bond motifs is 1. The van der Waals surface area contributed by atoms with Crippen molar-refractivity contribution in [3.63, 3.8) is 0 Å². The van der Waals surface area contributed by atoms with Crippen molar-refractivity contribution in [2.75, 3.05) is 0 Å². The lowest BCUT2D eigenvalue weighted by Gasteiger charge is -2.16. The molecule has 0 bridgehead atoms. The largest absolute Gasteiger partial charge is 0.368 e. The molecule has 0 fully saturated rings. The number of aryl methyl sites for hydroxylation is 1. The van der Waals surface area contributed by atoms with E-state index in [4.69, 9.17) is 5.73 Å². The number of nitrogens with one attached hydrogen (secondary N) is 2. The fraction of sp³-hybridized carbons (Fsp3) is 0.130. The number of carbonyl (C=O) groups excluding carboxylic acids is 2. The van der Waals surface area contributed by atoms with Gasteiger partial charge in [-0.2, -0.15) is 0 Å². The van der Waals surface area contributed by atoms with Gasteiger partial charge in [-0.1, -0.05) is 29.8 Å². The van der Waals surface area contributed by atoms with Gasteiger partial charge in [0.25, 0.3) is 5.91 Å². The maximum absolute atomic E-state index is 12.8. The minimum absolute atomic E-state index is 0.333. The zero-order chi connectivity index (χ0) is 21.1. The number of hydrogen-bond donors (Lipinski definition) is 3. The molecule has 2 heterocycles. The molecule has 0 saturated carbocycles. The van der Waals surface area contributed by atoms with E-state index in [9.17, 15) is 9.59 Å². The Hall–Kier alpha value is -4.00. The number of amides is 2. The number of nitrogens with two attached hydrogens (primary N) is 1. The second-order valence-electron chi connectivity index (χ2n) is 7.17. The molecule has 4 N–H and O–H groups in total. The van der Waals surface area contributed by atoms with Gasteiger partial charge in [0.05, 0.1) is 11.0 Å². The van der Waals surface area contributed by atoms with Crippen LogP contribution in [0.5, 0.6) is 0 Å². The number of H-pyrrole nitrogens is 1. The highest BCUT2D eigenvalue weighted by molar-refractivity contribution is 6.00. The molecule has 0 radical (unpaired) electrons. The van der Waals surface area contributed by atoms with E-state index in [1.807, 2.05) is 43.3 Å². The summed E-state index contributed by atoms with van der Waals surface area (Å²) in [6.07, 6.45) is 3.72. The van der Waals surface area contributed by atoms with Crippen LogP contribution in [-0.4, -0.2) is 32.8 Å². The molecule has 2 aromatic heterocycles. The van der Waals surface area contributed by atoms with Crippen molar-refractivity contribution in [1.29, 1.82) is 0 Å². The second kappa shape index (κ2) is 8.16. The predicted octanol–water partition coefficient (Wildman–Crippen LogP) is 2.76. The summed E-state index contributed by atoms with van der Waals surface area (Å²) in [7, 11) is 0. The Labute approximate surface area is 173 Å². The number of benzene rings is 2. The second-order valence-corrected chi connectivity index (χ2v) is 7.17. The summed E-state index contributed by atoms with van der Waals surface area (Å²) >= 11 is 0. The molecule has 0 unspecified atom stereocenters. The number of carbonyl (C=O) groups is 2. The molecule has 4 aromatic rings. The average Bonchev–Trinajstić information content (AvgIpc) is 3.18. The van der Waals surface area contributed by atoms with Crippen molar-refractivity contribution >= 4 is 22.8 Å². The van der Waals surface area contributed by atoms with Gasteiger partial charge in [0.1, 0.15) is 11.9 Å². The molecule has 2 aromatic carbocycles. The smallest absolute Gasteiger partial charge is 0.252 e. The van der Waals surface area contributed by atoms with Crippen LogP contribution < -0.4 is 11.1 Å². The molecular formula is C23H21N5O2. The predicted molar refractivity (Wildman–Crippen MR) is 115 cm³/mol. The first kappa shape index (κ1) is 19.3. The first-order valence-corrected chi connectivity index (χ1v) is 9.55. The van der Waals surface area contributed by atoms with Gasteiger partial charge in [-0.3, -0.25) is 14.6 Å². The summed E-state index contributed by atoms with van der Waals surface area (Å²) < 4.78 is 0. The Morgan fingerprint density at radius 3 is 2.50 bits per heavy atom. The van der Waals surface area contributed by atoms with E-state index in [0.717, 1.165) is 27.7 Å². The quantitative estimate of drug-likeness (QED) is 0.462. The van der Waals surface area contributed by atoms with E-state index < -0.39 is 11.9 Å². The fourth-order valence-corrected chi connectivity index (χ4v) is 3.22. The Kier molecular flexibility index (Phi) is 5.26. The van der Waals surface area contributed by atoms with Gasteiger partial charge in [0.15, 0.2) is 0 Å². The summed E-state index contributed by atoms with van der Waals surface area (Å²) in [6.45, 7) is 1.99. The number of pyridine rings is 1. The number of aromatic nitrogens is 3. The van der Waals surface area contributed by atoms with Crippen molar-refractivity contribution in [2.45, 2.75) is 19.4 Å². The zero-order valence-electron chi connectivity index (χ0n) is 16.4. The molecule has 0 aliphatic rings. The highest BCUT2D eigenvalue weighted by atomic mass is 16.2. The lowest BCUT2D eigenvalue weighted by atomic mass is 10.0. The number of imidazole rings is 1. The van der Waals surface area contributed by atoms with Gasteiger partial charge in [0, 0.05) is 29.9 Å². The van der Waals surface area contributed by atoms with Crippen molar-refractivity contribution in [2.24, 2.45) is 5.73 Å². The maximum atomic E-state index is 12.8. The number of hydrogen-bond acceptors (Lipinski definition) is 4. The van der Waals surface area contributed by atoms with Gasteiger partial charge in [-0.15, -0.1) is 0 Å². The minimum Gasteiger partial charge on any atom is -0.368 e. The van der Waals surface area contributed by atoms with Crippen LogP contribution in [0.1, 0.15) is 21.5 Å². The van der Waals surface area contributed by atoms with Crippen molar-refractivity contribution in [3.05, 3.63) is 83.7 Å². The molecule has 30 heavy (non-hydrogen) atoms. The summed E-state index contributed by atoms with van der Waals surface area (Å²) in [5.41, 5.74) is 10.4.